The number of rotatable bonds is 14. The lowest BCUT2D eigenvalue weighted by Gasteiger charge is -2.28. The van der Waals surface area contributed by atoms with E-state index in [1.165, 1.54) is 11.3 Å². The molecule has 3 aromatic heterocycles. The molecule has 0 unspecified atom stereocenters. The summed E-state index contributed by atoms with van der Waals surface area (Å²) in [5, 5.41) is 23.7. The molecule has 0 bridgehead atoms. The lowest BCUT2D eigenvalue weighted by molar-refractivity contribution is 0.0690. The molecule has 0 amide bonds. The number of unbranched alkanes of at least 4 members (excludes halogenated alkanes) is 1. The smallest absolute Gasteiger partial charge is 0.355 e. The molecule has 4 heterocycles. The van der Waals surface area contributed by atoms with Crippen molar-refractivity contribution in [2.75, 3.05) is 44.0 Å². The van der Waals surface area contributed by atoms with Gasteiger partial charge in [-0.15, -0.1) is 21.5 Å². The summed E-state index contributed by atoms with van der Waals surface area (Å²) < 4.78 is 21.5. The van der Waals surface area contributed by atoms with Crippen molar-refractivity contribution in [2.45, 2.75) is 51.9 Å². The monoisotopic (exact) mass is 675 g/mol. The van der Waals surface area contributed by atoms with Crippen molar-refractivity contribution in [3.8, 4) is 5.75 Å². The number of carboxylic acid groups (broad SMARTS) is 1. The van der Waals surface area contributed by atoms with E-state index in [1.54, 1.807) is 23.5 Å². The van der Waals surface area contributed by atoms with Crippen molar-refractivity contribution in [1.82, 2.24) is 25.1 Å². The Morgan fingerprint density at radius 1 is 1.09 bits per heavy atom. The van der Waals surface area contributed by atoms with E-state index in [0.29, 0.717) is 41.0 Å². The van der Waals surface area contributed by atoms with Crippen LogP contribution < -0.4 is 15.0 Å². The number of aryl methyl sites for hydroxylation is 2. The van der Waals surface area contributed by atoms with Crippen LogP contribution in [0, 0.1) is 12.7 Å². The van der Waals surface area contributed by atoms with Crippen LogP contribution in [0.15, 0.2) is 42.5 Å². The molecule has 2 N–H and O–H groups in total. The third-order valence-corrected chi connectivity index (χ3v) is 10.2. The molecule has 47 heavy (non-hydrogen) atoms. The number of hydrogen-bond acceptors (Lipinski definition) is 11. The number of halogens is 1. The van der Waals surface area contributed by atoms with Crippen LogP contribution >= 0.6 is 22.7 Å². The molecule has 6 rings (SSSR count). The minimum absolute atomic E-state index is 0.0285. The van der Waals surface area contributed by atoms with Gasteiger partial charge in [0.05, 0.1) is 16.8 Å². The summed E-state index contributed by atoms with van der Waals surface area (Å²) in [4.78, 5) is 26.1. The van der Waals surface area contributed by atoms with Gasteiger partial charge in [-0.25, -0.2) is 19.2 Å². The van der Waals surface area contributed by atoms with E-state index >= 15 is 0 Å². The summed E-state index contributed by atoms with van der Waals surface area (Å²) in [6.45, 7) is 3.95. The number of carboxylic acids is 1. The van der Waals surface area contributed by atoms with E-state index in [0.717, 1.165) is 70.7 Å². The van der Waals surface area contributed by atoms with E-state index in [4.69, 9.17) is 4.74 Å². The van der Waals surface area contributed by atoms with E-state index in [-0.39, 0.29) is 23.9 Å². The van der Waals surface area contributed by atoms with Crippen LogP contribution in [-0.4, -0.2) is 69.9 Å². The molecule has 0 fully saturated rings. The maximum atomic E-state index is 14.7. The number of benzene rings is 2. The average Bonchev–Trinajstić information content (AvgIpc) is 3.67. The fourth-order valence-electron chi connectivity index (χ4n) is 5.69. The van der Waals surface area contributed by atoms with E-state index < -0.39 is 5.97 Å². The number of anilines is 4. The van der Waals surface area contributed by atoms with Gasteiger partial charge in [-0.05, 0) is 102 Å². The van der Waals surface area contributed by atoms with Crippen molar-refractivity contribution in [3.05, 3.63) is 75.5 Å². The van der Waals surface area contributed by atoms with Gasteiger partial charge >= 0.3 is 5.97 Å². The number of thiazole rings is 2. The third-order valence-electron chi connectivity index (χ3n) is 8.15. The van der Waals surface area contributed by atoms with Gasteiger partial charge in [0, 0.05) is 22.5 Å². The Balaban J connectivity index is 1.10. The fraction of sp³-hybridized carbons (Fsp3) is 0.382. The van der Waals surface area contributed by atoms with Crippen LogP contribution in [0.1, 0.15) is 57.7 Å². The molecular formula is C34H38FN7O3S2. The molecule has 0 aliphatic carbocycles. The number of nitrogens with one attached hydrogen (secondary N) is 1. The van der Waals surface area contributed by atoms with Gasteiger partial charge < -0.3 is 25.0 Å². The van der Waals surface area contributed by atoms with Crippen LogP contribution in [0.25, 0.3) is 10.2 Å². The molecule has 5 aromatic rings. The number of carbonyl (C=O) groups is 1. The SMILES string of the molecule is Cc1c(Nc2nc3ccccc3s2)nnc2c1CCCN2c1nc(C(=O)O)c(CCCOc2ccc(CCCCN(C)C)cc2F)s1. The molecule has 0 atom stereocenters. The van der Waals surface area contributed by atoms with Gasteiger partial charge in [-0.3, -0.25) is 0 Å². The summed E-state index contributed by atoms with van der Waals surface area (Å²) in [6.07, 6.45) is 5.55. The quantitative estimate of drug-likeness (QED) is 0.115. The van der Waals surface area contributed by atoms with Gasteiger partial charge in [0.25, 0.3) is 0 Å². The van der Waals surface area contributed by atoms with Crippen molar-refractivity contribution in [1.29, 1.82) is 0 Å². The Kier molecular flexibility index (Phi) is 10.2. The number of ether oxygens (including phenoxy) is 1. The standard InChI is InChI=1S/C34H38FN7O3S2/c1-21-23-11-8-18-42(31(23)40-39-30(21)38-33-36-25-12-4-5-13-27(25)46-33)34-37-29(32(43)44)28(47-34)14-9-19-45-26-16-15-22(20-24(26)35)10-6-7-17-41(2)3/h4-5,12-13,15-16,20H,6-11,14,17-19H2,1-3H3,(H,43,44)(H,36,38,39). The predicted molar refractivity (Wildman–Crippen MR) is 186 cm³/mol. The zero-order valence-corrected chi connectivity index (χ0v) is 28.4. The highest BCUT2D eigenvalue weighted by Gasteiger charge is 2.28. The lowest BCUT2D eigenvalue weighted by Crippen LogP contribution is -2.27. The van der Waals surface area contributed by atoms with Crippen LogP contribution in [0.5, 0.6) is 5.75 Å². The van der Waals surface area contributed by atoms with Crippen LogP contribution in [-0.2, 0) is 19.3 Å². The topological polar surface area (TPSA) is 117 Å². The molecule has 1 aliphatic heterocycles. The first kappa shape index (κ1) is 32.7. The second-order valence-corrected chi connectivity index (χ2v) is 14.0. The van der Waals surface area contributed by atoms with E-state index in [9.17, 15) is 14.3 Å². The number of nitrogens with zero attached hydrogens (tertiary/aromatic N) is 6. The van der Waals surface area contributed by atoms with Crippen LogP contribution in [0.3, 0.4) is 0 Å². The maximum absolute atomic E-state index is 14.7. The van der Waals surface area contributed by atoms with Crippen LogP contribution in [0.2, 0.25) is 0 Å². The van der Waals surface area contributed by atoms with Crippen molar-refractivity contribution in [3.63, 3.8) is 0 Å². The Bertz CT molecular complexity index is 1840. The van der Waals surface area contributed by atoms with Crippen LogP contribution in [0.4, 0.5) is 26.3 Å². The molecule has 0 saturated carbocycles. The number of hydrogen-bond donors (Lipinski definition) is 2. The normalized spacial score (nSPS) is 12.9. The predicted octanol–water partition coefficient (Wildman–Crippen LogP) is 7.41. The summed E-state index contributed by atoms with van der Waals surface area (Å²) >= 11 is 2.91. The fourth-order valence-corrected chi connectivity index (χ4v) is 7.68. The molecule has 0 radical (unpaired) electrons. The molecule has 2 aromatic carbocycles. The van der Waals surface area contributed by atoms with Gasteiger partial charge in [0.2, 0.25) is 0 Å². The minimum atomic E-state index is -1.08. The molecule has 13 heteroatoms. The number of aromatic nitrogens is 4. The summed E-state index contributed by atoms with van der Waals surface area (Å²) in [7, 11) is 4.10. The zero-order chi connectivity index (χ0) is 32.9. The Morgan fingerprint density at radius 2 is 1.94 bits per heavy atom. The number of fused-ring (bicyclic) bond motifs is 2. The summed E-state index contributed by atoms with van der Waals surface area (Å²) in [6, 6.07) is 13.1. The van der Waals surface area contributed by atoms with Crippen molar-refractivity contribution < 1.29 is 19.0 Å². The number of para-hydroxylation sites is 1. The molecular weight excluding hydrogens is 638 g/mol. The second kappa shape index (κ2) is 14.7. The first-order valence-electron chi connectivity index (χ1n) is 15.8. The lowest BCUT2D eigenvalue weighted by atomic mass is 10.0. The van der Waals surface area contributed by atoms with Gasteiger partial charge in [0.15, 0.2) is 39.2 Å². The summed E-state index contributed by atoms with van der Waals surface area (Å²) in [5.74, 6) is 0.106. The van der Waals surface area contributed by atoms with E-state index in [1.807, 2.05) is 56.3 Å². The highest BCUT2D eigenvalue weighted by Crippen LogP contribution is 2.39. The Morgan fingerprint density at radius 3 is 2.72 bits per heavy atom. The average molecular weight is 676 g/mol. The minimum Gasteiger partial charge on any atom is -0.491 e. The molecule has 0 saturated heterocycles. The van der Waals surface area contributed by atoms with Crippen molar-refractivity contribution in [2.24, 2.45) is 0 Å². The van der Waals surface area contributed by atoms with Gasteiger partial charge in [-0.1, -0.05) is 29.5 Å². The molecule has 1 aliphatic rings. The zero-order valence-electron chi connectivity index (χ0n) is 26.8. The first-order chi connectivity index (χ1) is 22.8. The maximum Gasteiger partial charge on any atom is 0.355 e. The Hall–Kier alpha value is -4.20. The molecule has 10 nitrogen and oxygen atoms in total. The van der Waals surface area contributed by atoms with E-state index in [2.05, 4.69) is 30.4 Å². The highest BCUT2D eigenvalue weighted by molar-refractivity contribution is 7.22. The number of aromatic carboxylic acids is 1. The second-order valence-electron chi connectivity index (χ2n) is 11.9. The summed E-state index contributed by atoms with van der Waals surface area (Å²) in [5.41, 5.74) is 3.95. The molecule has 246 valence electrons. The third kappa shape index (κ3) is 7.69. The Labute approximate surface area is 281 Å². The first-order valence-corrected chi connectivity index (χ1v) is 17.5. The van der Waals surface area contributed by atoms with Gasteiger partial charge in [0.1, 0.15) is 0 Å². The molecule has 0 spiro atoms. The van der Waals surface area contributed by atoms with Gasteiger partial charge in [-0.2, -0.15) is 0 Å². The van der Waals surface area contributed by atoms with Crippen molar-refractivity contribution >= 4 is 60.8 Å². The highest BCUT2D eigenvalue weighted by atomic mass is 32.1. The largest absolute Gasteiger partial charge is 0.491 e.